The van der Waals surface area contributed by atoms with Crippen LogP contribution in [-0.2, 0) is 15.8 Å². The number of nitrogens with one attached hydrogen (secondary N) is 2. The van der Waals surface area contributed by atoms with Crippen LogP contribution in [0, 0.1) is 6.92 Å². The van der Waals surface area contributed by atoms with Crippen LogP contribution in [0.3, 0.4) is 0 Å². The van der Waals surface area contributed by atoms with Gasteiger partial charge in [-0.1, -0.05) is 29.8 Å². The largest absolute Gasteiger partial charge is 0.276 e. The summed E-state index contributed by atoms with van der Waals surface area (Å²) in [5, 5.41) is 6.79. The Labute approximate surface area is 134 Å². The molecule has 2 N–H and O–H groups in total. The molecule has 0 atom stereocenters. The van der Waals surface area contributed by atoms with Gasteiger partial charge >= 0.3 is 0 Å². The number of nitrogens with zero attached hydrogens (tertiary/aromatic N) is 2. The zero-order chi connectivity index (χ0) is 16.3. The molecule has 23 heavy (non-hydrogen) atoms. The number of H-pyrrole nitrogens is 1. The fraction of sp³-hybridized carbons (Fsp3) is 0.125. The SMILES string of the molecule is Cc1cccc(CS(=O)(=O)Nc2cc(-c3cccnc3)[nH]n2)c1. The van der Waals surface area contributed by atoms with E-state index in [-0.39, 0.29) is 11.6 Å². The number of rotatable bonds is 5. The van der Waals surface area contributed by atoms with Crippen LogP contribution >= 0.6 is 0 Å². The fourth-order valence-electron chi connectivity index (χ4n) is 2.26. The first-order chi connectivity index (χ1) is 11.0. The Morgan fingerprint density at radius 1 is 1.17 bits per heavy atom. The second kappa shape index (κ2) is 6.21. The van der Waals surface area contributed by atoms with E-state index in [1.54, 1.807) is 30.6 Å². The third-order valence-electron chi connectivity index (χ3n) is 3.25. The highest BCUT2D eigenvalue weighted by atomic mass is 32.2. The molecule has 0 saturated carbocycles. The van der Waals surface area contributed by atoms with E-state index in [2.05, 4.69) is 19.9 Å². The van der Waals surface area contributed by atoms with Crippen LogP contribution in [0.5, 0.6) is 0 Å². The van der Waals surface area contributed by atoms with Gasteiger partial charge in [0.25, 0.3) is 0 Å². The average Bonchev–Trinajstić information content (AvgIpc) is 2.95. The highest BCUT2D eigenvalue weighted by Crippen LogP contribution is 2.19. The van der Waals surface area contributed by atoms with Crippen LogP contribution < -0.4 is 4.72 Å². The van der Waals surface area contributed by atoms with E-state index < -0.39 is 10.0 Å². The van der Waals surface area contributed by atoms with Crippen LogP contribution in [0.1, 0.15) is 11.1 Å². The molecule has 0 bridgehead atoms. The van der Waals surface area contributed by atoms with Crippen LogP contribution in [0.4, 0.5) is 5.82 Å². The standard InChI is InChI=1S/C16H16N4O2S/c1-12-4-2-5-13(8-12)11-23(21,22)20-16-9-15(18-19-16)14-6-3-7-17-10-14/h2-10H,11H2,1H3,(H2,18,19,20). The van der Waals surface area contributed by atoms with Crippen molar-refractivity contribution in [3.8, 4) is 11.3 Å². The minimum Gasteiger partial charge on any atom is -0.276 e. The van der Waals surface area contributed by atoms with Crippen molar-refractivity contribution >= 4 is 15.8 Å². The normalized spacial score (nSPS) is 11.3. The molecule has 0 saturated heterocycles. The van der Waals surface area contributed by atoms with Crippen molar-refractivity contribution in [3.05, 3.63) is 66.0 Å². The molecular weight excluding hydrogens is 312 g/mol. The predicted molar refractivity (Wildman–Crippen MR) is 89.2 cm³/mol. The van der Waals surface area contributed by atoms with Gasteiger partial charge in [0.1, 0.15) is 0 Å². The number of anilines is 1. The van der Waals surface area contributed by atoms with Gasteiger partial charge in [0.05, 0.1) is 11.4 Å². The van der Waals surface area contributed by atoms with E-state index >= 15 is 0 Å². The van der Waals surface area contributed by atoms with Crippen molar-refractivity contribution < 1.29 is 8.42 Å². The van der Waals surface area contributed by atoms with Gasteiger partial charge in [0, 0.05) is 24.0 Å². The third-order valence-corrected chi connectivity index (χ3v) is 4.48. The summed E-state index contributed by atoms with van der Waals surface area (Å²) < 4.78 is 27.0. The summed E-state index contributed by atoms with van der Waals surface area (Å²) in [5.74, 6) is 0.167. The number of aromatic nitrogens is 3. The highest BCUT2D eigenvalue weighted by Gasteiger charge is 2.14. The van der Waals surface area contributed by atoms with Gasteiger partial charge in [-0.2, -0.15) is 5.10 Å². The molecule has 0 spiro atoms. The topological polar surface area (TPSA) is 87.7 Å². The Hall–Kier alpha value is -2.67. The summed E-state index contributed by atoms with van der Waals surface area (Å²) in [6.07, 6.45) is 3.35. The van der Waals surface area contributed by atoms with Gasteiger partial charge < -0.3 is 0 Å². The van der Waals surface area contributed by atoms with Crippen LogP contribution in [-0.4, -0.2) is 23.6 Å². The molecule has 0 fully saturated rings. The molecule has 7 heteroatoms. The zero-order valence-corrected chi connectivity index (χ0v) is 13.3. The Bertz CT molecular complexity index is 905. The molecule has 0 amide bonds. The van der Waals surface area contributed by atoms with Gasteiger partial charge in [0.2, 0.25) is 10.0 Å². The van der Waals surface area contributed by atoms with Crippen molar-refractivity contribution in [2.45, 2.75) is 12.7 Å². The van der Waals surface area contributed by atoms with E-state index in [0.29, 0.717) is 5.69 Å². The summed E-state index contributed by atoms with van der Waals surface area (Å²) in [7, 11) is -3.52. The monoisotopic (exact) mass is 328 g/mol. The maximum atomic E-state index is 12.2. The molecule has 0 unspecified atom stereocenters. The molecule has 3 rings (SSSR count). The fourth-order valence-corrected chi connectivity index (χ4v) is 3.37. The van der Waals surface area contributed by atoms with Crippen molar-refractivity contribution in [1.82, 2.24) is 15.2 Å². The average molecular weight is 328 g/mol. The number of hydrogen-bond donors (Lipinski definition) is 2. The first kappa shape index (κ1) is 15.2. The van der Waals surface area contributed by atoms with E-state index in [1.165, 1.54) is 0 Å². The molecular formula is C16H16N4O2S. The maximum Gasteiger partial charge on any atom is 0.238 e. The van der Waals surface area contributed by atoms with E-state index in [1.807, 2.05) is 31.2 Å². The molecule has 2 heterocycles. The molecule has 1 aromatic carbocycles. The number of benzene rings is 1. The van der Waals surface area contributed by atoms with Gasteiger partial charge in [-0.3, -0.25) is 14.8 Å². The molecule has 0 radical (unpaired) electrons. The maximum absolute atomic E-state index is 12.2. The van der Waals surface area contributed by atoms with Crippen LogP contribution in [0.25, 0.3) is 11.3 Å². The lowest BCUT2D eigenvalue weighted by Crippen LogP contribution is -2.15. The number of aromatic amines is 1. The van der Waals surface area contributed by atoms with Crippen molar-refractivity contribution in [1.29, 1.82) is 0 Å². The molecule has 6 nitrogen and oxygen atoms in total. The lowest BCUT2D eigenvalue weighted by molar-refractivity contribution is 0.600. The van der Waals surface area contributed by atoms with Gasteiger partial charge in [-0.05, 0) is 24.6 Å². The third kappa shape index (κ3) is 3.95. The molecule has 0 aliphatic heterocycles. The van der Waals surface area contributed by atoms with E-state index in [4.69, 9.17) is 0 Å². The van der Waals surface area contributed by atoms with Gasteiger partial charge in [-0.15, -0.1) is 0 Å². The molecule has 3 aromatic rings. The Morgan fingerprint density at radius 3 is 2.78 bits per heavy atom. The lowest BCUT2D eigenvalue weighted by atomic mass is 10.2. The summed E-state index contributed by atoms with van der Waals surface area (Å²) in [6.45, 7) is 1.93. The number of pyridine rings is 1. The molecule has 0 aliphatic rings. The van der Waals surface area contributed by atoms with Crippen LogP contribution in [0.2, 0.25) is 0 Å². The zero-order valence-electron chi connectivity index (χ0n) is 12.5. The second-order valence-corrected chi connectivity index (χ2v) is 6.98. The van der Waals surface area contributed by atoms with Crippen molar-refractivity contribution in [2.24, 2.45) is 0 Å². The number of aryl methyl sites for hydroxylation is 1. The molecule has 118 valence electrons. The summed E-state index contributed by atoms with van der Waals surface area (Å²) in [6, 6.07) is 12.7. The number of sulfonamides is 1. The predicted octanol–water partition coefficient (Wildman–Crippen LogP) is 2.72. The highest BCUT2D eigenvalue weighted by molar-refractivity contribution is 7.91. The van der Waals surface area contributed by atoms with Crippen LogP contribution in [0.15, 0.2) is 54.9 Å². The number of hydrogen-bond acceptors (Lipinski definition) is 4. The first-order valence-corrected chi connectivity index (χ1v) is 8.69. The minimum absolute atomic E-state index is 0.0935. The molecule has 0 aliphatic carbocycles. The smallest absolute Gasteiger partial charge is 0.238 e. The summed E-state index contributed by atoms with van der Waals surface area (Å²) in [4.78, 5) is 4.02. The minimum atomic E-state index is -3.52. The summed E-state index contributed by atoms with van der Waals surface area (Å²) in [5.41, 5.74) is 3.30. The molecule has 2 aromatic heterocycles. The quantitative estimate of drug-likeness (QED) is 0.754. The second-order valence-electron chi connectivity index (χ2n) is 5.26. The van der Waals surface area contributed by atoms with E-state index in [9.17, 15) is 8.42 Å². The summed E-state index contributed by atoms with van der Waals surface area (Å²) >= 11 is 0. The van der Waals surface area contributed by atoms with Gasteiger partial charge in [0.15, 0.2) is 5.82 Å². The first-order valence-electron chi connectivity index (χ1n) is 7.04. The lowest BCUT2D eigenvalue weighted by Gasteiger charge is -2.05. The van der Waals surface area contributed by atoms with Crippen molar-refractivity contribution in [2.75, 3.05) is 4.72 Å². The Morgan fingerprint density at radius 2 is 2.04 bits per heavy atom. The van der Waals surface area contributed by atoms with Gasteiger partial charge in [-0.25, -0.2) is 8.42 Å². The van der Waals surface area contributed by atoms with E-state index in [0.717, 1.165) is 16.7 Å². The Balaban J connectivity index is 1.75. The van der Waals surface area contributed by atoms with Crippen molar-refractivity contribution in [3.63, 3.8) is 0 Å². The Kier molecular flexibility index (Phi) is 4.12.